The third-order valence-corrected chi connectivity index (χ3v) is 0.658. The molecule has 46 valence electrons. The molecule has 0 aliphatic carbocycles. The van der Waals surface area contributed by atoms with Crippen LogP contribution in [0.4, 0.5) is 0 Å². The second-order valence-electron chi connectivity index (χ2n) is 1.40. The minimum absolute atomic E-state index is 0.192. The molecule has 0 aliphatic rings. The Balaban J connectivity index is 3.18. The van der Waals surface area contributed by atoms with Gasteiger partial charge in [-0.05, 0) is 6.42 Å². The molecule has 0 spiro atoms. The summed E-state index contributed by atoms with van der Waals surface area (Å²) in [5.74, 6) is -0.192. The molecule has 8 heavy (non-hydrogen) atoms. The van der Waals surface area contributed by atoms with E-state index >= 15 is 0 Å². The van der Waals surface area contributed by atoms with E-state index in [4.69, 9.17) is 5.53 Å². The van der Waals surface area contributed by atoms with Crippen LogP contribution in [0.15, 0.2) is 5.22 Å². The van der Waals surface area contributed by atoms with E-state index in [1.54, 1.807) is 0 Å². The molecule has 0 unspecified atom stereocenters. The zero-order valence-electron chi connectivity index (χ0n) is 4.77. The summed E-state index contributed by atoms with van der Waals surface area (Å²) in [6, 6.07) is 0. The topological polar surface area (TPSA) is 65.3 Å². The molecule has 0 aromatic carbocycles. The number of rotatable bonds is 3. The fourth-order valence-electron chi connectivity index (χ4n) is 0.345. The van der Waals surface area contributed by atoms with Gasteiger partial charge in [0.05, 0.1) is 0 Å². The van der Waals surface area contributed by atoms with Crippen LogP contribution >= 0.6 is 0 Å². The van der Waals surface area contributed by atoms with Crippen molar-refractivity contribution in [1.29, 1.82) is 5.53 Å². The predicted octanol–water partition coefficient (Wildman–Crippen LogP) is 0.849. The first-order chi connectivity index (χ1) is 3.81. The van der Waals surface area contributed by atoms with Crippen molar-refractivity contribution in [2.24, 2.45) is 5.22 Å². The van der Waals surface area contributed by atoms with Crippen molar-refractivity contribution in [3.63, 3.8) is 0 Å². The summed E-state index contributed by atoms with van der Waals surface area (Å²) < 4.78 is 0. The Morgan fingerprint density at radius 2 is 2.50 bits per heavy atom. The molecule has 2 N–H and O–H groups in total. The zero-order chi connectivity index (χ0) is 6.41. The van der Waals surface area contributed by atoms with Crippen LogP contribution in [0, 0.1) is 5.53 Å². The number of carbonyl (C=O) groups is 1. The molecule has 0 saturated heterocycles. The summed E-state index contributed by atoms with van der Waals surface area (Å²) in [7, 11) is 0. The zero-order valence-corrected chi connectivity index (χ0v) is 4.77. The lowest BCUT2D eigenvalue weighted by Crippen LogP contribution is -2.14. The maximum Gasteiger partial charge on any atom is 0.241 e. The van der Waals surface area contributed by atoms with Gasteiger partial charge in [0, 0.05) is 6.42 Å². The van der Waals surface area contributed by atoms with Crippen molar-refractivity contribution >= 4 is 5.91 Å². The minimum atomic E-state index is -0.192. The van der Waals surface area contributed by atoms with Crippen LogP contribution in [-0.2, 0) is 4.79 Å². The fourth-order valence-corrected chi connectivity index (χ4v) is 0.345. The van der Waals surface area contributed by atoms with Gasteiger partial charge in [-0.25, -0.2) is 5.43 Å². The highest BCUT2D eigenvalue weighted by Crippen LogP contribution is 1.83. The molecule has 0 saturated carbocycles. The molecule has 0 atom stereocenters. The van der Waals surface area contributed by atoms with Crippen LogP contribution in [0.2, 0.25) is 0 Å². The number of nitrogens with zero attached hydrogens (tertiary/aromatic N) is 1. The molecule has 0 fully saturated rings. The highest BCUT2D eigenvalue weighted by Gasteiger charge is 1.93. The number of hydrogen-bond donors (Lipinski definition) is 2. The molecular weight excluding hydrogens is 106 g/mol. The number of nitrogens with one attached hydrogen (secondary N) is 2. The van der Waals surface area contributed by atoms with Crippen LogP contribution in [-0.4, -0.2) is 5.91 Å². The second kappa shape index (κ2) is 4.23. The average molecular weight is 115 g/mol. The van der Waals surface area contributed by atoms with E-state index in [2.05, 4.69) is 5.22 Å². The number of amides is 1. The van der Waals surface area contributed by atoms with E-state index in [1.807, 2.05) is 12.3 Å². The molecule has 0 radical (unpaired) electrons. The lowest BCUT2D eigenvalue weighted by molar-refractivity contribution is -0.121. The van der Waals surface area contributed by atoms with Crippen LogP contribution in [0.5, 0.6) is 0 Å². The largest absolute Gasteiger partial charge is 0.273 e. The van der Waals surface area contributed by atoms with E-state index < -0.39 is 0 Å². The van der Waals surface area contributed by atoms with Crippen molar-refractivity contribution in [3.8, 4) is 0 Å². The van der Waals surface area contributed by atoms with Gasteiger partial charge in [0.2, 0.25) is 5.91 Å². The first-order valence-corrected chi connectivity index (χ1v) is 2.46. The molecule has 0 rings (SSSR count). The normalized spacial score (nSPS) is 8.12. The van der Waals surface area contributed by atoms with E-state index in [1.165, 1.54) is 0 Å². The summed E-state index contributed by atoms with van der Waals surface area (Å²) in [5.41, 5.74) is 8.20. The first kappa shape index (κ1) is 7.07. The minimum Gasteiger partial charge on any atom is -0.273 e. The van der Waals surface area contributed by atoms with Crippen molar-refractivity contribution in [2.75, 3.05) is 0 Å². The molecular formula is C4H9N3O. The van der Waals surface area contributed by atoms with Crippen molar-refractivity contribution in [2.45, 2.75) is 19.8 Å². The van der Waals surface area contributed by atoms with E-state index in [-0.39, 0.29) is 5.91 Å². The standard InChI is InChI=1S/C4H9N3O/c1-2-3-4(8)6-7-5/h2-3H2,1H3,(H2,5,6,8). The SMILES string of the molecule is CCCC(=O)NN=N. The van der Waals surface area contributed by atoms with E-state index in [0.29, 0.717) is 6.42 Å². The van der Waals surface area contributed by atoms with Crippen LogP contribution in [0.25, 0.3) is 0 Å². The van der Waals surface area contributed by atoms with Gasteiger partial charge in [-0.3, -0.25) is 4.79 Å². The van der Waals surface area contributed by atoms with Gasteiger partial charge in [-0.1, -0.05) is 12.1 Å². The average Bonchev–Trinajstić information content (AvgIpc) is 1.68. The Morgan fingerprint density at radius 3 is 2.88 bits per heavy atom. The third kappa shape index (κ3) is 3.27. The van der Waals surface area contributed by atoms with Crippen LogP contribution < -0.4 is 5.43 Å². The number of carbonyl (C=O) groups excluding carboxylic acids is 1. The van der Waals surface area contributed by atoms with Crippen LogP contribution in [0.1, 0.15) is 19.8 Å². The van der Waals surface area contributed by atoms with Gasteiger partial charge in [0.1, 0.15) is 0 Å². The molecule has 4 heteroatoms. The van der Waals surface area contributed by atoms with Crippen molar-refractivity contribution < 1.29 is 4.79 Å². The quantitative estimate of drug-likeness (QED) is 0.415. The van der Waals surface area contributed by atoms with Gasteiger partial charge in [0.15, 0.2) is 0 Å². The fraction of sp³-hybridized carbons (Fsp3) is 0.750. The van der Waals surface area contributed by atoms with Gasteiger partial charge in [-0.15, -0.1) is 0 Å². The van der Waals surface area contributed by atoms with Crippen molar-refractivity contribution in [3.05, 3.63) is 0 Å². The van der Waals surface area contributed by atoms with Crippen molar-refractivity contribution in [1.82, 2.24) is 5.43 Å². The molecule has 0 bridgehead atoms. The maximum absolute atomic E-state index is 10.3. The highest BCUT2D eigenvalue weighted by atomic mass is 16.2. The lowest BCUT2D eigenvalue weighted by atomic mass is 10.3. The molecule has 1 amide bonds. The predicted molar refractivity (Wildman–Crippen MR) is 28.2 cm³/mol. The molecule has 0 aliphatic heterocycles. The van der Waals surface area contributed by atoms with Gasteiger partial charge in [-0.2, -0.15) is 5.53 Å². The summed E-state index contributed by atoms with van der Waals surface area (Å²) in [4.78, 5) is 10.3. The summed E-state index contributed by atoms with van der Waals surface area (Å²) >= 11 is 0. The molecule has 4 nitrogen and oxygen atoms in total. The molecule has 0 aromatic rings. The van der Waals surface area contributed by atoms with Gasteiger partial charge >= 0.3 is 0 Å². The maximum atomic E-state index is 10.3. The second-order valence-corrected chi connectivity index (χ2v) is 1.40. The monoisotopic (exact) mass is 115 g/mol. The smallest absolute Gasteiger partial charge is 0.241 e. The Hall–Kier alpha value is -0.930. The van der Waals surface area contributed by atoms with Gasteiger partial charge < -0.3 is 0 Å². The summed E-state index contributed by atoms with van der Waals surface area (Å²) in [6.45, 7) is 1.89. The highest BCUT2D eigenvalue weighted by molar-refractivity contribution is 5.75. The Labute approximate surface area is 47.8 Å². The molecule has 0 aromatic heterocycles. The Bertz CT molecular complexity index is 91.3. The van der Waals surface area contributed by atoms with E-state index in [9.17, 15) is 4.79 Å². The first-order valence-electron chi connectivity index (χ1n) is 2.46. The number of hydrogen-bond acceptors (Lipinski definition) is 3. The van der Waals surface area contributed by atoms with E-state index in [0.717, 1.165) is 6.42 Å². The Morgan fingerprint density at radius 1 is 1.88 bits per heavy atom. The molecule has 0 heterocycles. The summed E-state index contributed by atoms with van der Waals surface area (Å²) in [6.07, 6.45) is 1.24. The third-order valence-electron chi connectivity index (χ3n) is 0.658. The van der Waals surface area contributed by atoms with Crippen LogP contribution in [0.3, 0.4) is 0 Å². The van der Waals surface area contributed by atoms with Gasteiger partial charge in [0.25, 0.3) is 0 Å². The summed E-state index contributed by atoms with van der Waals surface area (Å²) in [5, 5.41) is 2.70. The lowest BCUT2D eigenvalue weighted by Gasteiger charge is -1.90. The Kier molecular flexibility index (Phi) is 3.74.